The third kappa shape index (κ3) is 5.56. The summed E-state index contributed by atoms with van der Waals surface area (Å²) < 4.78 is 5.81. The van der Waals surface area contributed by atoms with Gasteiger partial charge < -0.3 is 14.2 Å². The van der Waals surface area contributed by atoms with Crippen LogP contribution < -0.4 is 15.2 Å². The summed E-state index contributed by atoms with van der Waals surface area (Å²) in [5.74, 6) is 2.70. The molecule has 1 N–H and O–H groups in total. The number of hydrogen-bond acceptors (Lipinski definition) is 10. The van der Waals surface area contributed by atoms with Crippen molar-refractivity contribution in [2.45, 2.75) is 38.5 Å². The molecule has 12 heteroatoms. The minimum atomic E-state index is -0.490. The van der Waals surface area contributed by atoms with E-state index in [-0.39, 0.29) is 10.7 Å². The van der Waals surface area contributed by atoms with Crippen molar-refractivity contribution in [3.8, 4) is 11.3 Å². The van der Waals surface area contributed by atoms with Crippen LogP contribution in [-0.4, -0.2) is 52.3 Å². The van der Waals surface area contributed by atoms with E-state index in [0.29, 0.717) is 34.9 Å². The van der Waals surface area contributed by atoms with Gasteiger partial charge in [-0.3, -0.25) is 10.1 Å². The molecule has 0 atom stereocenters. The number of nitrogens with one attached hydrogen (secondary N) is 1. The monoisotopic (exact) mass is 510 g/mol. The first-order valence-electron chi connectivity index (χ1n) is 12.2. The van der Waals surface area contributed by atoms with Crippen molar-refractivity contribution in [3.63, 3.8) is 0 Å². The van der Waals surface area contributed by atoms with Gasteiger partial charge >= 0.3 is 0 Å². The Hall–Kier alpha value is -3.73. The van der Waals surface area contributed by atoms with Crippen molar-refractivity contribution in [2.24, 2.45) is 5.10 Å². The van der Waals surface area contributed by atoms with Crippen molar-refractivity contribution >= 4 is 41.3 Å². The lowest BCUT2D eigenvalue weighted by Gasteiger charge is -2.30. The highest BCUT2D eigenvalue weighted by atomic mass is 35.5. The Morgan fingerprint density at radius 3 is 2.17 bits per heavy atom. The fraction of sp³-hybridized carbons (Fsp3) is 0.417. The van der Waals surface area contributed by atoms with Crippen molar-refractivity contribution in [1.82, 2.24) is 15.0 Å². The Morgan fingerprint density at radius 2 is 1.58 bits per heavy atom. The lowest BCUT2D eigenvalue weighted by atomic mass is 10.1. The third-order valence-electron chi connectivity index (χ3n) is 6.30. The predicted molar refractivity (Wildman–Crippen MR) is 139 cm³/mol. The fourth-order valence-corrected chi connectivity index (χ4v) is 4.68. The summed E-state index contributed by atoms with van der Waals surface area (Å²) in [6.45, 7) is 3.75. The van der Waals surface area contributed by atoms with E-state index in [4.69, 9.17) is 21.0 Å². The molecule has 0 spiro atoms. The Bertz CT molecular complexity index is 1220. The Morgan fingerprint density at radius 1 is 0.944 bits per heavy atom. The zero-order valence-corrected chi connectivity index (χ0v) is 20.5. The largest absolute Gasteiger partial charge is 0.455 e. The second-order valence-electron chi connectivity index (χ2n) is 8.85. The van der Waals surface area contributed by atoms with E-state index in [0.717, 1.165) is 51.9 Å². The molecule has 0 radical (unpaired) electrons. The van der Waals surface area contributed by atoms with E-state index in [2.05, 4.69) is 30.3 Å². The first-order chi connectivity index (χ1) is 17.6. The molecule has 36 heavy (non-hydrogen) atoms. The highest BCUT2D eigenvalue weighted by Crippen LogP contribution is 2.32. The SMILES string of the molecule is O=[N+]([O-])c1ccc(-c2ccc(C=NNc3nc(N4CCCCC4)nc(N4CCCCC4)n3)o2)c(Cl)c1. The summed E-state index contributed by atoms with van der Waals surface area (Å²) in [6.07, 6.45) is 8.50. The molecule has 4 heterocycles. The lowest BCUT2D eigenvalue weighted by Crippen LogP contribution is -2.34. The number of hydrazone groups is 1. The summed E-state index contributed by atoms with van der Waals surface area (Å²) in [5.41, 5.74) is 3.41. The number of furan rings is 1. The highest BCUT2D eigenvalue weighted by molar-refractivity contribution is 6.33. The number of hydrogen-bond donors (Lipinski definition) is 1. The molecule has 2 aliphatic heterocycles. The van der Waals surface area contributed by atoms with Crippen LogP contribution in [0.5, 0.6) is 0 Å². The number of aromatic nitrogens is 3. The molecule has 0 bridgehead atoms. The van der Waals surface area contributed by atoms with Gasteiger partial charge in [0.15, 0.2) is 0 Å². The zero-order chi connectivity index (χ0) is 24.9. The number of non-ortho nitro benzene ring substituents is 1. The molecule has 11 nitrogen and oxygen atoms in total. The van der Waals surface area contributed by atoms with Gasteiger partial charge in [0.25, 0.3) is 5.69 Å². The van der Waals surface area contributed by atoms with Gasteiger partial charge in [-0.25, -0.2) is 5.43 Å². The minimum Gasteiger partial charge on any atom is -0.455 e. The van der Waals surface area contributed by atoms with Gasteiger partial charge in [-0.1, -0.05) is 11.6 Å². The molecular weight excluding hydrogens is 484 g/mol. The molecule has 0 unspecified atom stereocenters. The molecule has 0 aliphatic carbocycles. The van der Waals surface area contributed by atoms with Gasteiger partial charge in [-0.05, 0) is 56.7 Å². The Kier molecular flexibility index (Phi) is 7.26. The van der Waals surface area contributed by atoms with Gasteiger partial charge in [0, 0.05) is 43.9 Å². The Balaban J connectivity index is 1.32. The first kappa shape index (κ1) is 24.0. The fourth-order valence-electron chi connectivity index (χ4n) is 4.41. The molecule has 188 valence electrons. The standard InChI is InChI=1S/C24H27ClN8O3/c25-20-15-17(33(34)35)7-9-19(20)21-10-8-18(36-21)16-26-30-22-27-23(31-11-3-1-4-12-31)29-24(28-22)32-13-5-2-6-14-32/h7-10,15-16H,1-6,11-14H2,(H,27,28,29,30). The number of rotatable bonds is 7. The van der Waals surface area contributed by atoms with E-state index < -0.39 is 4.92 Å². The summed E-state index contributed by atoms with van der Waals surface area (Å²) in [6, 6.07) is 7.73. The normalized spacial score (nSPS) is 16.5. The van der Waals surface area contributed by atoms with Crippen LogP contribution in [0.1, 0.15) is 44.3 Å². The number of nitrogens with zero attached hydrogens (tertiary/aromatic N) is 7. The number of piperidine rings is 2. The van der Waals surface area contributed by atoms with Crippen LogP contribution in [-0.2, 0) is 0 Å². The van der Waals surface area contributed by atoms with Crippen molar-refractivity contribution in [2.75, 3.05) is 41.4 Å². The maximum absolute atomic E-state index is 10.9. The summed E-state index contributed by atoms with van der Waals surface area (Å²) in [4.78, 5) is 28.9. The number of anilines is 3. The first-order valence-corrected chi connectivity index (χ1v) is 12.5. The van der Waals surface area contributed by atoms with E-state index in [1.807, 2.05) is 0 Å². The predicted octanol–water partition coefficient (Wildman–Crippen LogP) is 5.12. The van der Waals surface area contributed by atoms with Gasteiger partial charge in [-0.15, -0.1) is 0 Å². The molecule has 5 rings (SSSR count). The Labute approximate surface area is 213 Å². The summed E-state index contributed by atoms with van der Waals surface area (Å²) >= 11 is 6.22. The highest BCUT2D eigenvalue weighted by Gasteiger charge is 2.20. The van der Waals surface area contributed by atoms with Crippen LogP contribution in [0.15, 0.2) is 39.9 Å². The molecule has 3 aromatic rings. The van der Waals surface area contributed by atoms with Crippen LogP contribution in [0.25, 0.3) is 11.3 Å². The van der Waals surface area contributed by atoms with Crippen LogP contribution in [0, 0.1) is 10.1 Å². The second-order valence-corrected chi connectivity index (χ2v) is 9.25. The van der Waals surface area contributed by atoms with Crippen molar-refractivity contribution in [1.29, 1.82) is 0 Å². The molecule has 2 fully saturated rings. The third-order valence-corrected chi connectivity index (χ3v) is 6.61. The maximum atomic E-state index is 10.9. The van der Waals surface area contributed by atoms with E-state index in [9.17, 15) is 10.1 Å². The van der Waals surface area contributed by atoms with Gasteiger partial charge in [0.2, 0.25) is 17.8 Å². The van der Waals surface area contributed by atoms with Crippen LogP contribution in [0.2, 0.25) is 5.02 Å². The molecule has 2 aliphatic rings. The molecule has 0 amide bonds. The van der Waals surface area contributed by atoms with Gasteiger partial charge in [0.1, 0.15) is 11.5 Å². The molecular formula is C24H27ClN8O3. The smallest absolute Gasteiger partial charge is 0.270 e. The minimum absolute atomic E-state index is 0.0773. The second kappa shape index (κ2) is 10.9. The van der Waals surface area contributed by atoms with E-state index in [1.54, 1.807) is 18.2 Å². The molecule has 0 saturated carbocycles. The van der Waals surface area contributed by atoms with E-state index >= 15 is 0 Å². The molecule has 2 aromatic heterocycles. The number of nitro benzene ring substituents is 1. The van der Waals surface area contributed by atoms with Crippen LogP contribution in [0.4, 0.5) is 23.5 Å². The van der Waals surface area contributed by atoms with Crippen molar-refractivity contribution in [3.05, 3.63) is 51.2 Å². The summed E-state index contributed by atoms with van der Waals surface area (Å²) in [5, 5.41) is 15.4. The quantitative estimate of drug-likeness (QED) is 0.262. The maximum Gasteiger partial charge on any atom is 0.270 e. The molecule has 1 aromatic carbocycles. The topological polar surface area (TPSA) is 126 Å². The number of benzene rings is 1. The molecule has 2 saturated heterocycles. The van der Waals surface area contributed by atoms with Crippen LogP contribution in [0.3, 0.4) is 0 Å². The van der Waals surface area contributed by atoms with E-state index in [1.165, 1.54) is 31.2 Å². The van der Waals surface area contributed by atoms with Crippen LogP contribution >= 0.6 is 11.6 Å². The van der Waals surface area contributed by atoms with Crippen molar-refractivity contribution < 1.29 is 9.34 Å². The average Bonchev–Trinajstić information content (AvgIpc) is 3.38. The zero-order valence-electron chi connectivity index (χ0n) is 19.8. The number of halogens is 1. The van der Waals surface area contributed by atoms with Gasteiger partial charge in [-0.2, -0.15) is 20.1 Å². The lowest BCUT2D eigenvalue weighted by molar-refractivity contribution is -0.384. The number of nitro groups is 1. The summed E-state index contributed by atoms with van der Waals surface area (Å²) in [7, 11) is 0. The average molecular weight is 511 g/mol. The van der Waals surface area contributed by atoms with Gasteiger partial charge in [0.05, 0.1) is 16.2 Å².